The lowest BCUT2D eigenvalue weighted by Crippen LogP contribution is -2.54. The van der Waals surface area contributed by atoms with Crippen molar-refractivity contribution in [2.24, 2.45) is 0 Å². The Morgan fingerprint density at radius 3 is 2.49 bits per heavy atom. The van der Waals surface area contributed by atoms with E-state index in [0.717, 1.165) is 59.0 Å². The third kappa shape index (κ3) is 5.31. The summed E-state index contributed by atoms with van der Waals surface area (Å²) in [6.07, 6.45) is -0.363. The summed E-state index contributed by atoms with van der Waals surface area (Å²) >= 11 is 0. The van der Waals surface area contributed by atoms with Gasteiger partial charge in [-0.1, -0.05) is 24.3 Å². The molecule has 2 heterocycles. The molecule has 1 unspecified atom stereocenters. The second-order valence-corrected chi connectivity index (χ2v) is 10.3. The Morgan fingerprint density at radius 1 is 1.00 bits per heavy atom. The van der Waals surface area contributed by atoms with Crippen molar-refractivity contribution in [3.63, 3.8) is 0 Å². The highest BCUT2D eigenvalue weighted by Gasteiger charge is 2.30. The zero-order valence-corrected chi connectivity index (χ0v) is 22.0. The fraction of sp³-hybridized carbons (Fsp3) is 0.355. The first kappa shape index (κ1) is 25.2. The molecule has 2 N–H and O–H groups in total. The molecule has 1 saturated heterocycles. The third-order valence-electron chi connectivity index (χ3n) is 7.56. The maximum atomic E-state index is 10.2. The second kappa shape index (κ2) is 10.5. The summed E-state index contributed by atoms with van der Waals surface area (Å²) < 4.78 is 12.7. The Kier molecular flexibility index (Phi) is 7.13. The van der Waals surface area contributed by atoms with E-state index in [1.165, 1.54) is 0 Å². The first-order valence-electron chi connectivity index (χ1n) is 13.0. The molecule has 0 amide bonds. The summed E-state index contributed by atoms with van der Waals surface area (Å²) in [6.45, 7) is 10.4. The lowest BCUT2D eigenvalue weighted by molar-refractivity contribution is 0.0474. The van der Waals surface area contributed by atoms with Crippen LogP contribution in [-0.4, -0.2) is 65.4 Å². The number of hydrogen-bond donors (Lipinski definition) is 2. The number of aromatic hydroxyl groups is 2. The van der Waals surface area contributed by atoms with Crippen LogP contribution in [0.3, 0.4) is 0 Å². The summed E-state index contributed by atoms with van der Waals surface area (Å²) in [5.41, 5.74) is 4.68. The summed E-state index contributed by atoms with van der Waals surface area (Å²) in [5, 5.41) is 20.2. The minimum absolute atomic E-state index is 0.192. The van der Waals surface area contributed by atoms with Crippen molar-refractivity contribution in [3.8, 4) is 23.0 Å². The van der Waals surface area contributed by atoms with Crippen LogP contribution in [0, 0.1) is 0 Å². The van der Waals surface area contributed by atoms with Crippen LogP contribution in [-0.2, 0) is 0 Å². The third-order valence-corrected chi connectivity index (χ3v) is 7.56. The lowest BCUT2D eigenvalue weighted by Gasteiger charge is -2.41. The van der Waals surface area contributed by atoms with Crippen LogP contribution >= 0.6 is 0 Å². The van der Waals surface area contributed by atoms with Gasteiger partial charge in [0.2, 0.25) is 0 Å². The summed E-state index contributed by atoms with van der Waals surface area (Å²) in [4.78, 5) is 4.90. The zero-order chi connectivity index (χ0) is 26.1. The van der Waals surface area contributed by atoms with Gasteiger partial charge in [-0.05, 0) is 87.0 Å². The second-order valence-electron chi connectivity index (χ2n) is 10.3. The number of phenolic OH excluding ortho intramolecular Hbond substituents is 2. The number of allylic oxidation sites excluding steroid dienone is 1. The minimum atomic E-state index is -0.363. The van der Waals surface area contributed by atoms with Crippen molar-refractivity contribution in [1.29, 1.82) is 0 Å². The average Bonchev–Trinajstić information content (AvgIpc) is 2.88. The smallest absolute Gasteiger partial charge is 0.150 e. The number of phenols is 2. The summed E-state index contributed by atoms with van der Waals surface area (Å²) in [6, 6.07) is 21.3. The molecule has 2 aliphatic rings. The van der Waals surface area contributed by atoms with Gasteiger partial charge in [0.05, 0.1) is 0 Å². The first-order valence-corrected chi connectivity index (χ1v) is 13.0. The number of hydrogen-bond acceptors (Lipinski definition) is 6. The molecular weight excluding hydrogens is 464 g/mol. The first-order chi connectivity index (χ1) is 17.8. The molecule has 194 valence electrons. The van der Waals surface area contributed by atoms with E-state index >= 15 is 0 Å². The van der Waals surface area contributed by atoms with Crippen LogP contribution in [0.2, 0.25) is 0 Å². The average molecular weight is 501 g/mol. The maximum absolute atomic E-state index is 10.2. The molecule has 5 rings (SSSR count). The summed E-state index contributed by atoms with van der Waals surface area (Å²) in [7, 11) is 2.18. The fourth-order valence-corrected chi connectivity index (χ4v) is 5.58. The van der Waals surface area contributed by atoms with Crippen LogP contribution in [0.1, 0.15) is 43.6 Å². The van der Waals surface area contributed by atoms with Crippen LogP contribution < -0.4 is 9.47 Å². The monoisotopic (exact) mass is 500 g/mol. The zero-order valence-electron chi connectivity index (χ0n) is 22.0. The molecule has 2 aliphatic heterocycles. The van der Waals surface area contributed by atoms with Gasteiger partial charge in [-0.2, -0.15) is 0 Å². The molecule has 3 aromatic carbocycles. The number of benzene rings is 3. The topological polar surface area (TPSA) is 65.4 Å². The van der Waals surface area contributed by atoms with Gasteiger partial charge in [0.25, 0.3) is 0 Å². The highest BCUT2D eigenvalue weighted by molar-refractivity contribution is 5.95. The van der Waals surface area contributed by atoms with Gasteiger partial charge >= 0.3 is 0 Å². The number of nitrogens with zero attached hydrogens (tertiary/aromatic N) is 2. The minimum Gasteiger partial charge on any atom is -0.508 e. The Morgan fingerprint density at radius 2 is 1.76 bits per heavy atom. The highest BCUT2D eigenvalue weighted by atomic mass is 16.5. The molecule has 0 saturated carbocycles. The number of piperazine rings is 1. The van der Waals surface area contributed by atoms with Gasteiger partial charge in [-0.15, -0.1) is 0 Å². The molecule has 6 heteroatoms. The van der Waals surface area contributed by atoms with E-state index < -0.39 is 0 Å². The van der Waals surface area contributed by atoms with Crippen LogP contribution in [0.15, 0.2) is 66.7 Å². The highest BCUT2D eigenvalue weighted by Crippen LogP contribution is 2.47. The van der Waals surface area contributed by atoms with E-state index in [2.05, 4.69) is 30.7 Å². The van der Waals surface area contributed by atoms with Crippen LogP contribution in [0.5, 0.6) is 23.0 Å². The Balaban J connectivity index is 1.37. The van der Waals surface area contributed by atoms with Gasteiger partial charge in [0, 0.05) is 42.9 Å². The van der Waals surface area contributed by atoms with Crippen molar-refractivity contribution < 1.29 is 19.7 Å². The molecule has 1 fully saturated rings. The molecule has 0 aromatic heterocycles. The quantitative estimate of drug-likeness (QED) is 0.462. The SMILES string of the molecule is CC1=C(c2cccc(O)c2)C(c2ccc(OC[C@H](C)N3CCN(C)C[C@H]3C)cc2)Oc2ccc(O)cc21. The molecular formula is C31H36N2O4. The number of likely N-dealkylation sites (N-methyl/N-ethyl adjacent to an activating group) is 1. The molecule has 3 atom stereocenters. The van der Waals surface area contributed by atoms with Gasteiger partial charge in [-0.3, -0.25) is 4.90 Å². The molecule has 3 aromatic rings. The van der Waals surface area contributed by atoms with Crippen molar-refractivity contribution in [2.45, 2.75) is 39.0 Å². The standard InChI is InChI=1S/C31H36N2O4/c1-20-18-32(4)14-15-33(20)21(2)19-36-27-11-8-23(9-12-27)31-30(24-6-5-7-25(34)16-24)22(3)28-17-26(35)10-13-29(28)37-31/h5-13,16-17,20-21,31,34-35H,14-15,18-19H2,1-4H3/t20-,21+,31?/m1/s1. The lowest BCUT2D eigenvalue weighted by atomic mass is 9.86. The van der Waals surface area contributed by atoms with E-state index in [9.17, 15) is 10.2 Å². The van der Waals surface area contributed by atoms with Crippen molar-refractivity contribution in [3.05, 3.63) is 83.4 Å². The van der Waals surface area contributed by atoms with E-state index in [4.69, 9.17) is 9.47 Å². The van der Waals surface area contributed by atoms with Gasteiger partial charge < -0.3 is 24.6 Å². The number of rotatable bonds is 6. The molecule has 0 bridgehead atoms. The van der Waals surface area contributed by atoms with Gasteiger partial charge in [-0.25, -0.2) is 0 Å². The van der Waals surface area contributed by atoms with E-state index in [1.807, 2.05) is 43.3 Å². The Labute approximate surface area is 219 Å². The van der Waals surface area contributed by atoms with Crippen molar-refractivity contribution in [1.82, 2.24) is 9.80 Å². The Hall–Kier alpha value is -3.48. The maximum Gasteiger partial charge on any atom is 0.150 e. The molecule has 0 spiro atoms. The van der Waals surface area contributed by atoms with Crippen molar-refractivity contribution in [2.75, 3.05) is 33.3 Å². The van der Waals surface area contributed by atoms with Gasteiger partial charge in [0.15, 0.2) is 0 Å². The molecule has 0 radical (unpaired) electrons. The molecule has 37 heavy (non-hydrogen) atoms. The fourth-order valence-electron chi connectivity index (χ4n) is 5.58. The van der Waals surface area contributed by atoms with E-state index in [-0.39, 0.29) is 17.6 Å². The normalized spacial score (nSPS) is 21.3. The van der Waals surface area contributed by atoms with Crippen LogP contribution in [0.4, 0.5) is 0 Å². The van der Waals surface area contributed by atoms with Crippen LogP contribution in [0.25, 0.3) is 11.1 Å². The largest absolute Gasteiger partial charge is 0.508 e. The summed E-state index contributed by atoms with van der Waals surface area (Å²) in [5.74, 6) is 1.95. The Bertz CT molecular complexity index is 1290. The predicted octanol–water partition coefficient (Wildman–Crippen LogP) is 5.57. The number of fused-ring (bicyclic) bond motifs is 1. The predicted molar refractivity (Wildman–Crippen MR) is 147 cm³/mol. The van der Waals surface area contributed by atoms with E-state index in [0.29, 0.717) is 18.7 Å². The van der Waals surface area contributed by atoms with Gasteiger partial charge in [0.1, 0.15) is 35.7 Å². The molecule has 0 aliphatic carbocycles. The van der Waals surface area contributed by atoms with Crippen molar-refractivity contribution >= 4 is 11.1 Å². The van der Waals surface area contributed by atoms with E-state index in [1.54, 1.807) is 30.3 Å². The molecule has 6 nitrogen and oxygen atoms in total. The number of ether oxygens (including phenoxy) is 2.